The smallest absolute Gasteiger partial charge is 0.266 e. The fraction of sp³-hybridized carbons (Fsp3) is 0.167. The van der Waals surface area contributed by atoms with Gasteiger partial charge in [-0.3, -0.25) is 9.59 Å². The number of thiophene rings is 1. The van der Waals surface area contributed by atoms with E-state index in [-0.39, 0.29) is 11.5 Å². The van der Waals surface area contributed by atoms with Gasteiger partial charge < -0.3 is 10.2 Å². The topological polar surface area (TPSA) is 73.2 Å². The Hall–Kier alpha value is -2.91. The van der Waals surface area contributed by atoms with E-state index >= 15 is 0 Å². The number of hydrogen-bond acceptors (Lipinski definition) is 4. The van der Waals surface area contributed by atoms with Gasteiger partial charge in [0.05, 0.1) is 0 Å². The lowest BCUT2D eigenvalue weighted by molar-refractivity contribution is -0.112. The number of hydrogen-bond donors (Lipinski definition) is 1. The van der Waals surface area contributed by atoms with E-state index in [1.54, 1.807) is 44.4 Å². The van der Waals surface area contributed by atoms with Crippen LogP contribution in [0.3, 0.4) is 0 Å². The van der Waals surface area contributed by atoms with Crippen LogP contribution < -0.4 is 5.32 Å². The zero-order valence-electron chi connectivity index (χ0n) is 13.7. The van der Waals surface area contributed by atoms with E-state index in [0.29, 0.717) is 11.3 Å². The van der Waals surface area contributed by atoms with Crippen LogP contribution in [0.4, 0.5) is 5.69 Å². The Labute approximate surface area is 144 Å². The van der Waals surface area contributed by atoms with Gasteiger partial charge in [0, 0.05) is 30.2 Å². The van der Waals surface area contributed by atoms with Crippen LogP contribution >= 0.6 is 11.3 Å². The highest BCUT2D eigenvalue weighted by atomic mass is 32.1. The fourth-order valence-electron chi connectivity index (χ4n) is 1.96. The number of anilines is 1. The molecule has 2 rings (SSSR count). The Morgan fingerprint density at radius 1 is 1.21 bits per heavy atom. The molecule has 0 radical (unpaired) electrons. The molecule has 0 aliphatic heterocycles. The third-order valence-electron chi connectivity index (χ3n) is 3.34. The van der Waals surface area contributed by atoms with Gasteiger partial charge in [0.2, 0.25) is 0 Å². The standard InChI is InChI=1S/C18H17N3O2S/c1-12-8-9-24-16(12)10-14(11-19)17(22)20-15-6-4-13(5-7-15)18(23)21(2)3/h4-10H,1-3H3,(H,20,22)/b14-10+. The van der Waals surface area contributed by atoms with Crippen LogP contribution in [0.5, 0.6) is 0 Å². The second-order valence-electron chi connectivity index (χ2n) is 5.37. The number of nitriles is 1. The molecule has 6 heteroatoms. The van der Waals surface area contributed by atoms with Crippen molar-refractivity contribution in [1.82, 2.24) is 4.90 Å². The quantitative estimate of drug-likeness (QED) is 0.686. The van der Waals surface area contributed by atoms with Crippen molar-refractivity contribution in [3.63, 3.8) is 0 Å². The highest BCUT2D eigenvalue weighted by molar-refractivity contribution is 7.11. The number of nitrogens with one attached hydrogen (secondary N) is 1. The number of carbonyl (C=O) groups excluding carboxylic acids is 2. The van der Waals surface area contributed by atoms with Crippen molar-refractivity contribution in [2.75, 3.05) is 19.4 Å². The Bertz CT molecular complexity index is 827. The van der Waals surface area contributed by atoms with Crippen molar-refractivity contribution in [2.24, 2.45) is 0 Å². The normalized spacial score (nSPS) is 10.8. The van der Waals surface area contributed by atoms with Gasteiger partial charge >= 0.3 is 0 Å². The van der Waals surface area contributed by atoms with Crippen molar-refractivity contribution in [3.05, 3.63) is 57.3 Å². The summed E-state index contributed by atoms with van der Waals surface area (Å²) in [7, 11) is 3.35. The Balaban J connectivity index is 2.14. The molecule has 0 aliphatic carbocycles. The van der Waals surface area contributed by atoms with Gasteiger partial charge in [-0.2, -0.15) is 5.26 Å². The maximum atomic E-state index is 12.2. The Kier molecular flexibility index (Phi) is 5.51. The molecule has 2 aromatic rings. The molecular weight excluding hydrogens is 322 g/mol. The third kappa shape index (κ3) is 4.09. The number of aryl methyl sites for hydroxylation is 1. The van der Waals surface area contributed by atoms with Gasteiger partial charge in [-0.05, 0) is 54.3 Å². The van der Waals surface area contributed by atoms with Crippen molar-refractivity contribution in [1.29, 1.82) is 5.26 Å². The molecule has 1 aromatic carbocycles. The highest BCUT2D eigenvalue weighted by Gasteiger charge is 2.12. The number of nitrogens with zero attached hydrogens (tertiary/aromatic N) is 2. The number of amides is 2. The lowest BCUT2D eigenvalue weighted by Gasteiger charge is -2.10. The van der Waals surface area contributed by atoms with E-state index in [1.165, 1.54) is 16.2 Å². The lowest BCUT2D eigenvalue weighted by atomic mass is 10.1. The number of rotatable bonds is 4. The lowest BCUT2D eigenvalue weighted by Crippen LogP contribution is -2.21. The van der Waals surface area contributed by atoms with Crippen molar-refractivity contribution < 1.29 is 9.59 Å². The summed E-state index contributed by atoms with van der Waals surface area (Å²) in [5.74, 6) is -0.587. The first-order chi connectivity index (χ1) is 11.4. The molecule has 0 unspecified atom stereocenters. The molecule has 5 nitrogen and oxygen atoms in total. The SMILES string of the molecule is Cc1ccsc1/C=C(\C#N)C(=O)Nc1ccc(C(=O)N(C)C)cc1. The molecular formula is C18H17N3O2S. The van der Waals surface area contributed by atoms with Gasteiger partial charge in [-0.15, -0.1) is 11.3 Å². The van der Waals surface area contributed by atoms with Crippen LogP contribution in [-0.4, -0.2) is 30.8 Å². The summed E-state index contributed by atoms with van der Waals surface area (Å²) < 4.78 is 0. The average molecular weight is 339 g/mol. The number of carbonyl (C=O) groups is 2. The molecule has 0 fully saturated rings. The fourth-order valence-corrected chi connectivity index (χ4v) is 2.82. The molecule has 0 spiro atoms. The van der Waals surface area contributed by atoms with Gasteiger partial charge in [0.15, 0.2) is 0 Å². The summed E-state index contributed by atoms with van der Waals surface area (Å²) in [4.78, 5) is 26.4. The predicted molar refractivity (Wildman–Crippen MR) is 95.7 cm³/mol. The molecule has 122 valence electrons. The molecule has 1 N–H and O–H groups in total. The molecule has 0 aliphatic rings. The van der Waals surface area contributed by atoms with Crippen LogP contribution in [0.15, 0.2) is 41.3 Å². The van der Waals surface area contributed by atoms with Crippen LogP contribution in [-0.2, 0) is 4.79 Å². The maximum absolute atomic E-state index is 12.2. The van der Waals surface area contributed by atoms with E-state index in [0.717, 1.165) is 10.4 Å². The highest BCUT2D eigenvalue weighted by Crippen LogP contribution is 2.20. The molecule has 24 heavy (non-hydrogen) atoms. The molecule has 0 bridgehead atoms. The second kappa shape index (κ2) is 7.57. The number of benzene rings is 1. The largest absolute Gasteiger partial charge is 0.345 e. The first-order valence-corrected chi connectivity index (χ1v) is 8.09. The molecule has 0 saturated carbocycles. The average Bonchev–Trinajstić information content (AvgIpc) is 2.97. The van der Waals surface area contributed by atoms with E-state index in [2.05, 4.69) is 5.32 Å². The third-order valence-corrected chi connectivity index (χ3v) is 4.30. The van der Waals surface area contributed by atoms with Crippen LogP contribution in [0.1, 0.15) is 20.8 Å². The van der Waals surface area contributed by atoms with E-state index in [1.807, 2.05) is 24.4 Å². The summed E-state index contributed by atoms with van der Waals surface area (Å²) in [6.45, 7) is 1.93. The maximum Gasteiger partial charge on any atom is 0.266 e. The van der Waals surface area contributed by atoms with Crippen molar-refractivity contribution >= 4 is 34.9 Å². The monoisotopic (exact) mass is 339 g/mol. The van der Waals surface area contributed by atoms with Crippen molar-refractivity contribution in [3.8, 4) is 6.07 Å². The van der Waals surface area contributed by atoms with Gasteiger partial charge in [0.1, 0.15) is 11.6 Å². The van der Waals surface area contributed by atoms with Gasteiger partial charge in [-0.1, -0.05) is 0 Å². The first kappa shape index (κ1) is 17.4. The molecule has 2 amide bonds. The molecule has 1 heterocycles. The minimum Gasteiger partial charge on any atom is -0.345 e. The first-order valence-electron chi connectivity index (χ1n) is 7.21. The minimum absolute atomic E-state index is 0.0361. The molecule has 0 atom stereocenters. The van der Waals surface area contributed by atoms with Crippen LogP contribution in [0.25, 0.3) is 6.08 Å². The Morgan fingerprint density at radius 2 is 1.88 bits per heavy atom. The van der Waals surface area contributed by atoms with E-state index < -0.39 is 5.91 Å². The summed E-state index contributed by atoms with van der Waals surface area (Å²) in [5, 5.41) is 13.8. The van der Waals surface area contributed by atoms with E-state index in [9.17, 15) is 14.9 Å². The minimum atomic E-state index is -0.475. The summed E-state index contributed by atoms with van der Waals surface area (Å²) in [6, 6.07) is 10.4. The summed E-state index contributed by atoms with van der Waals surface area (Å²) in [5.41, 5.74) is 2.11. The molecule has 0 saturated heterocycles. The summed E-state index contributed by atoms with van der Waals surface area (Å²) in [6.07, 6.45) is 1.58. The Morgan fingerprint density at radius 3 is 2.38 bits per heavy atom. The second-order valence-corrected chi connectivity index (χ2v) is 6.32. The van der Waals surface area contributed by atoms with Gasteiger partial charge in [0.25, 0.3) is 11.8 Å². The van der Waals surface area contributed by atoms with Crippen LogP contribution in [0.2, 0.25) is 0 Å². The van der Waals surface area contributed by atoms with E-state index in [4.69, 9.17) is 0 Å². The van der Waals surface area contributed by atoms with Crippen LogP contribution in [0, 0.1) is 18.3 Å². The zero-order chi connectivity index (χ0) is 17.7. The van der Waals surface area contributed by atoms with Crippen molar-refractivity contribution in [2.45, 2.75) is 6.92 Å². The molecule has 1 aromatic heterocycles. The van der Waals surface area contributed by atoms with Gasteiger partial charge in [-0.25, -0.2) is 0 Å². The zero-order valence-corrected chi connectivity index (χ0v) is 14.5. The summed E-state index contributed by atoms with van der Waals surface area (Å²) >= 11 is 1.48. The predicted octanol–water partition coefficient (Wildman–Crippen LogP) is 3.30.